The summed E-state index contributed by atoms with van der Waals surface area (Å²) in [6.45, 7) is 7.84. The highest BCUT2D eigenvalue weighted by Gasteiger charge is 2.31. The molecule has 4 heterocycles. The second-order valence-corrected chi connectivity index (χ2v) is 10.7. The van der Waals surface area contributed by atoms with Crippen molar-refractivity contribution in [2.24, 2.45) is 5.92 Å². The van der Waals surface area contributed by atoms with E-state index in [-0.39, 0.29) is 17.9 Å². The first kappa shape index (κ1) is 24.7. The van der Waals surface area contributed by atoms with Gasteiger partial charge in [0.1, 0.15) is 5.82 Å². The van der Waals surface area contributed by atoms with Gasteiger partial charge in [0.05, 0.1) is 5.69 Å². The highest BCUT2D eigenvalue weighted by molar-refractivity contribution is 5.94. The molecule has 0 saturated carbocycles. The molecule has 2 aromatic rings. The largest absolute Gasteiger partial charge is 0.355 e. The second kappa shape index (κ2) is 11.0. The lowest BCUT2D eigenvalue weighted by Gasteiger charge is -2.33. The van der Waals surface area contributed by atoms with Crippen molar-refractivity contribution in [2.45, 2.75) is 84.2 Å². The Balaban J connectivity index is 1.20. The number of nitrogens with zero attached hydrogens (tertiary/aromatic N) is 6. The highest BCUT2D eigenvalue weighted by atomic mass is 16.2. The minimum atomic E-state index is 0.00196. The van der Waals surface area contributed by atoms with Crippen molar-refractivity contribution >= 4 is 17.6 Å². The molecular formula is C27H39N7O2. The lowest BCUT2D eigenvalue weighted by molar-refractivity contribution is -0.119. The first-order valence-electron chi connectivity index (χ1n) is 13.7. The molecule has 3 aliphatic rings. The van der Waals surface area contributed by atoms with Crippen LogP contribution in [-0.4, -0.2) is 68.7 Å². The van der Waals surface area contributed by atoms with E-state index in [1.54, 1.807) is 19.3 Å². The predicted molar refractivity (Wildman–Crippen MR) is 138 cm³/mol. The van der Waals surface area contributed by atoms with E-state index < -0.39 is 0 Å². The Morgan fingerprint density at radius 1 is 1.00 bits per heavy atom. The van der Waals surface area contributed by atoms with Gasteiger partial charge in [0.25, 0.3) is 5.91 Å². The van der Waals surface area contributed by atoms with Crippen molar-refractivity contribution in [3.05, 3.63) is 35.0 Å². The highest BCUT2D eigenvalue weighted by Crippen LogP contribution is 2.29. The van der Waals surface area contributed by atoms with Crippen molar-refractivity contribution in [2.75, 3.05) is 31.1 Å². The Morgan fingerprint density at radius 3 is 2.44 bits per heavy atom. The predicted octanol–water partition coefficient (Wildman–Crippen LogP) is 2.91. The maximum absolute atomic E-state index is 13.5. The Kier molecular flexibility index (Phi) is 7.53. The summed E-state index contributed by atoms with van der Waals surface area (Å²) in [5.74, 6) is 1.75. The Bertz CT molecular complexity index is 1080. The van der Waals surface area contributed by atoms with E-state index in [1.807, 2.05) is 11.8 Å². The number of piperidine rings is 2. The SMILES string of the molecule is CC(=O)NC1CCN(C(=O)c2nn(CCC3CCN(c4nccnc4C)CC3)c3c2CCCC3)CC1. The van der Waals surface area contributed by atoms with E-state index in [9.17, 15) is 9.59 Å². The quantitative estimate of drug-likeness (QED) is 0.665. The van der Waals surface area contributed by atoms with Crippen LogP contribution < -0.4 is 10.2 Å². The van der Waals surface area contributed by atoms with Crippen LogP contribution in [0.3, 0.4) is 0 Å². The van der Waals surface area contributed by atoms with Gasteiger partial charge in [-0.1, -0.05) is 0 Å². The van der Waals surface area contributed by atoms with Crippen LogP contribution in [0.5, 0.6) is 0 Å². The summed E-state index contributed by atoms with van der Waals surface area (Å²) in [5.41, 5.74) is 4.14. The number of anilines is 1. The van der Waals surface area contributed by atoms with Gasteiger partial charge in [-0.05, 0) is 70.6 Å². The average molecular weight is 494 g/mol. The molecule has 0 bridgehead atoms. The number of likely N-dealkylation sites (tertiary alicyclic amines) is 1. The zero-order valence-corrected chi connectivity index (χ0v) is 21.7. The Labute approximate surface area is 213 Å². The molecule has 194 valence electrons. The van der Waals surface area contributed by atoms with Crippen molar-refractivity contribution in [3.8, 4) is 0 Å². The first-order valence-corrected chi connectivity index (χ1v) is 13.7. The maximum Gasteiger partial charge on any atom is 0.274 e. The number of carbonyl (C=O) groups is 2. The van der Waals surface area contributed by atoms with Gasteiger partial charge in [-0.2, -0.15) is 5.10 Å². The molecule has 0 atom stereocenters. The zero-order chi connectivity index (χ0) is 25.1. The fourth-order valence-electron chi connectivity index (χ4n) is 6.14. The summed E-state index contributed by atoms with van der Waals surface area (Å²) in [6, 6.07) is 0.169. The molecule has 2 aliphatic heterocycles. The van der Waals surface area contributed by atoms with Gasteiger partial charge < -0.3 is 15.1 Å². The molecule has 0 spiro atoms. The first-order chi connectivity index (χ1) is 17.5. The van der Waals surface area contributed by atoms with E-state index in [1.165, 1.54) is 17.7 Å². The van der Waals surface area contributed by atoms with Gasteiger partial charge in [-0.3, -0.25) is 19.3 Å². The average Bonchev–Trinajstić information content (AvgIpc) is 3.26. The lowest BCUT2D eigenvalue weighted by atomic mass is 9.93. The molecule has 2 fully saturated rings. The molecule has 0 radical (unpaired) electrons. The minimum Gasteiger partial charge on any atom is -0.355 e. The van der Waals surface area contributed by atoms with Gasteiger partial charge in [0, 0.05) is 69.3 Å². The fraction of sp³-hybridized carbons (Fsp3) is 0.667. The molecule has 2 saturated heterocycles. The number of aromatic nitrogens is 4. The summed E-state index contributed by atoms with van der Waals surface area (Å²) in [7, 11) is 0. The molecule has 1 N–H and O–H groups in total. The Hall–Kier alpha value is -2.97. The summed E-state index contributed by atoms with van der Waals surface area (Å²) < 4.78 is 2.16. The zero-order valence-electron chi connectivity index (χ0n) is 21.7. The normalized spacial score (nSPS) is 19.3. The summed E-state index contributed by atoms with van der Waals surface area (Å²) >= 11 is 0. The summed E-state index contributed by atoms with van der Waals surface area (Å²) in [5, 5.41) is 7.91. The van der Waals surface area contributed by atoms with Crippen molar-refractivity contribution < 1.29 is 9.59 Å². The number of carbonyl (C=O) groups excluding carboxylic acids is 2. The molecule has 0 unspecified atom stereocenters. The van der Waals surface area contributed by atoms with Crippen LogP contribution >= 0.6 is 0 Å². The topological polar surface area (TPSA) is 96.2 Å². The summed E-state index contributed by atoms with van der Waals surface area (Å²) in [6.07, 6.45) is 12.8. The molecule has 0 aromatic carbocycles. The molecule has 2 amide bonds. The molecule has 1 aliphatic carbocycles. The molecule has 5 rings (SSSR count). The van der Waals surface area contributed by atoms with E-state index in [0.29, 0.717) is 24.7 Å². The minimum absolute atomic E-state index is 0.00196. The van der Waals surface area contributed by atoms with Crippen LogP contribution in [0.25, 0.3) is 0 Å². The lowest BCUT2D eigenvalue weighted by Crippen LogP contribution is -2.46. The smallest absolute Gasteiger partial charge is 0.274 e. The van der Waals surface area contributed by atoms with Crippen molar-refractivity contribution in [3.63, 3.8) is 0 Å². The van der Waals surface area contributed by atoms with Crippen LogP contribution in [0.2, 0.25) is 0 Å². The third kappa shape index (κ3) is 5.39. The van der Waals surface area contributed by atoms with Gasteiger partial charge in [-0.25, -0.2) is 4.98 Å². The van der Waals surface area contributed by atoms with Crippen LogP contribution in [0.15, 0.2) is 12.4 Å². The molecule has 9 nitrogen and oxygen atoms in total. The maximum atomic E-state index is 13.5. The molecule has 2 aromatic heterocycles. The van der Waals surface area contributed by atoms with E-state index in [4.69, 9.17) is 5.10 Å². The van der Waals surface area contributed by atoms with Crippen LogP contribution in [0.1, 0.15) is 79.3 Å². The van der Waals surface area contributed by atoms with Gasteiger partial charge >= 0.3 is 0 Å². The van der Waals surface area contributed by atoms with Gasteiger partial charge in [-0.15, -0.1) is 0 Å². The number of rotatable bonds is 6. The number of hydrogen-bond acceptors (Lipinski definition) is 6. The third-order valence-corrected chi connectivity index (χ3v) is 8.17. The van der Waals surface area contributed by atoms with E-state index in [2.05, 4.69) is 24.9 Å². The van der Waals surface area contributed by atoms with E-state index >= 15 is 0 Å². The van der Waals surface area contributed by atoms with Crippen molar-refractivity contribution in [1.29, 1.82) is 0 Å². The molecule has 9 heteroatoms. The number of hydrogen-bond donors (Lipinski definition) is 1. The van der Waals surface area contributed by atoms with Crippen LogP contribution in [-0.2, 0) is 24.2 Å². The monoisotopic (exact) mass is 493 g/mol. The second-order valence-electron chi connectivity index (χ2n) is 10.7. The fourth-order valence-corrected chi connectivity index (χ4v) is 6.14. The number of aryl methyl sites for hydroxylation is 2. The van der Waals surface area contributed by atoms with Crippen LogP contribution in [0.4, 0.5) is 5.82 Å². The number of nitrogens with one attached hydrogen (secondary N) is 1. The van der Waals surface area contributed by atoms with Gasteiger partial charge in [0.2, 0.25) is 5.91 Å². The molecular weight excluding hydrogens is 454 g/mol. The standard InChI is InChI=1S/C27H39N7O2/c1-19-26(29-13-12-28-19)32-14-7-21(8-15-32)9-18-34-24-6-4-3-5-23(24)25(31-34)27(36)33-16-10-22(11-17-33)30-20(2)35/h12-13,21-22H,3-11,14-18H2,1-2H3,(H,30,35). The summed E-state index contributed by atoms with van der Waals surface area (Å²) in [4.78, 5) is 38.1. The van der Waals surface area contributed by atoms with Gasteiger partial charge in [0.15, 0.2) is 5.69 Å². The van der Waals surface area contributed by atoms with Crippen molar-refractivity contribution in [1.82, 2.24) is 30.0 Å². The Morgan fingerprint density at radius 2 is 1.72 bits per heavy atom. The molecule has 36 heavy (non-hydrogen) atoms. The van der Waals surface area contributed by atoms with E-state index in [0.717, 1.165) is 82.5 Å². The number of fused-ring (bicyclic) bond motifs is 1. The third-order valence-electron chi connectivity index (χ3n) is 8.17. The number of amides is 2. The van der Waals surface area contributed by atoms with Crippen LogP contribution in [0, 0.1) is 12.8 Å².